The smallest absolute Gasteiger partial charge is 0.211 e. The lowest BCUT2D eigenvalue weighted by Crippen LogP contribution is -2.27. The SMILES string of the molecule is [N-]=[N+]=NCCCNS(=O)(=O)c1c(F)cc(F)cc1F. The summed E-state index contributed by atoms with van der Waals surface area (Å²) in [5, 5.41) is 3.16. The maximum atomic E-state index is 13.3. The van der Waals surface area contributed by atoms with Gasteiger partial charge in [-0.2, -0.15) is 0 Å². The van der Waals surface area contributed by atoms with Crippen molar-refractivity contribution in [2.45, 2.75) is 11.3 Å². The van der Waals surface area contributed by atoms with E-state index in [0.717, 1.165) is 0 Å². The predicted octanol–water partition coefficient (Wildman–Crippen LogP) is 2.08. The molecule has 0 unspecified atom stereocenters. The molecule has 0 bridgehead atoms. The number of nitrogens with one attached hydrogen (secondary N) is 1. The van der Waals surface area contributed by atoms with Gasteiger partial charge in [-0.25, -0.2) is 26.3 Å². The summed E-state index contributed by atoms with van der Waals surface area (Å²) in [6, 6.07) is 0.551. The molecule has 0 aliphatic rings. The first-order chi connectivity index (χ1) is 8.88. The van der Waals surface area contributed by atoms with Crippen molar-refractivity contribution in [3.8, 4) is 0 Å². The van der Waals surface area contributed by atoms with Gasteiger partial charge in [-0.05, 0) is 12.0 Å². The van der Waals surface area contributed by atoms with Gasteiger partial charge in [0.2, 0.25) is 10.0 Å². The van der Waals surface area contributed by atoms with Crippen LogP contribution < -0.4 is 4.72 Å². The lowest BCUT2D eigenvalue weighted by Gasteiger charge is -2.08. The molecule has 0 aliphatic heterocycles. The van der Waals surface area contributed by atoms with Gasteiger partial charge in [-0.3, -0.25) is 0 Å². The lowest BCUT2D eigenvalue weighted by molar-refractivity contribution is 0.493. The third-order valence-electron chi connectivity index (χ3n) is 2.02. The molecule has 0 radical (unpaired) electrons. The molecule has 10 heteroatoms. The number of rotatable bonds is 6. The van der Waals surface area contributed by atoms with Gasteiger partial charge >= 0.3 is 0 Å². The Kier molecular flexibility index (Phi) is 5.16. The van der Waals surface area contributed by atoms with Crippen LogP contribution in [-0.4, -0.2) is 21.5 Å². The van der Waals surface area contributed by atoms with Crippen molar-refractivity contribution in [1.29, 1.82) is 0 Å². The summed E-state index contributed by atoms with van der Waals surface area (Å²) < 4.78 is 64.3. The topological polar surface area (TPSA) is 94.9 Å². The molecule has 0 amide bonds. The van der Waals surface area contributed by atoms with Gasteiger partial charge < -0.3 is 0 Å². The predicted molar refractivity (Wildman–Crippen MR) is 60.1 cm³/mol. The van der Waals surface area contributed by atoms with E-state index in [1.165, 1.54) is 0 Å². The van der Waals surface area contributed by atoms with E-state index in [1.54, 1.807) is 0 Å². The minimum atomic E-state index is -4.43. The van der Waals surface area contributed by atoms with Crippen molar-refractivity contribution < 1.29 is 21.6 Å². The minimum absolute atomic E-state index is 0.0351. The van der Waals surface area contributed by atoms with Crippen LogP contribution in [0.2, 0.25) is 0 Å². The molecule has 1 aromatic carbocycles. The van der Waals surface area contributed by atoms with E-state index in [9.17, 15) is 21.6 Å². The summed E-state index contributed by atoms with van der Waals surface area (Å²) in [4.78, 5) is 1.21. The average Bonchev–Trinajstić information content (AvgIpc) is 2.26. The van der Waals surface area contributed by atoms with Crippen molar-refractivity contribution in [3.63, 3.8) is 0 Å². The highest BCUT2D eigenvalue weighted by Gasteiger charge is 2.24. The number of nitrogens with zero attached hydrogens (tertiary/aromatic N) is 3. The van der Waals surface area contributed by atoms with Gasteiger partial charge in [0, 0.05) is 30.1 Å². The normalized spacial score (nSPS) is 11.1. The number of sulfonamides is 1. The maximum Gasteiger partial charge on any atom is 0.246 e. The summed E-state index contributed by atoms with van der Waals surface area (Å²) in [5.74, 6) is -4.24. The summed E-state index contributed by atoms with van der Waals surface area (Å²) >= 11 is 0. The highest BCUT2D eigenvalue weighted by atomic mass is 32.2. The molecular formula is C9H9F3N4O2S. The van der Waals surface area contributed by atoms with Gasteiger partial charge in [0.1, 0.15) is 17.5 Å². The van der Waals surface area contributed by atoms with Crippen LogP contribution in [0.5, 0.6) is 0 Å². The molecule has 0 fully saturated rings. The molecule has 0 atom stereocenters. The highest BCUT2D eigenvalue weighted by molar-refractivity contribution is 7.89. The van der Waals surface area contributed by atoms with Crippen LogP contribution >= 0.6 is 0 Å². The van der Waals surface area contributed by atoms with E-state index < -0.39 is 32.4 Å². The van der Waals surface area contributed by atoms with Crippen LogP contribution in [0.4, 0.5) is 13.2 Å². The van der Waals surface area contributed by atoms with Crippen molar-refractivity contribution in [2.24, 2.45) is 5.11 Å². The number of benzene rings is 1. The van der Waals surface area contributed by atoms with E-state index in [4.69, 9.17) is 5.53 Å². The van der Waals surface area contributed by atoms with Gasteiger partial charge in [0.25, 0.3) is 0 Å². The Morgan fingerprint density at radius 1 is 1.26 bits per heavy atom. The first kappa shape index (κ1) is 15.3. The zero-order chi connectivity index (χ0) is 14.5. The number of azide groups is 1. The Morgan fingerprint density at radius 3 is 2.37 bits per heavy atom. The summed E-state index contributed by atoms with van der Waals surface area (Å²) in [5.41, 5.74) is 7.99. The Balaban J connectivity index is 2.86. The van der Waals surface area contributed by atoms with Crippen molar-refractivity contribution >= 4 is 10.0 Å². The molecule has 0 spiro atoms. The Morgan fingerprint density at radius 2 is 1.84 bits per heavy atom. The van der Waals surface area contributed by atoms with Crippen LogP contribution in [-0.2, 0) is 10.0 Å². The fourth-order valence-electron chi connectivity index (χ4n) is 1.26. The van der Waals surface area contributed by atoms with Crippen LogP contribution in [0.15, 0.2) is 22.1 Å². The second-order valence-corrected chi connectivity index (χ2v) is 5.11. The van der Waals surface area contributed by atoms with Crippen molar-refractivity contribution in [2.75, 3.05) is 13.1 Å². The minimum Gasteiger partial charge on any atom is -0.211 e. The molecule has 0 saturated carbocycles. The Labute approximate surface area is 106 Å². The first-order valence-electron chi connectivity index (χ1n) is 5.03. The fourth-order valence-corrected chi connectivity index (χ4v) is 2.45. The zero-order valence-electron chi connectivity index (χ0n) is 9.48. The average molecular weight is 294 g/mol. The van der Waals surface area contributed by atoms with E-state index in [-0.39, 0.29) is 31.6 Å². The quantitative estimate of drug-likeness (QED) is 0.376. The Bertz CT molecular complexity index is 591. The van der Waals surface area contributed by atoms with Crippen LogP contribution in [0, 0.1) is 17.5 Å². The molecular weight excluding hydrogens is 285 g/mol. The molecule has 6 nitrogen and oxygen atoms in total. The highest BCUT2D eigenvalue weighted by Crippen LogP contribution is 2.19. The second-order valence-electron chi connectivity index (χ2n) is 3.40. The van der Waals surface area contributed by atoms with Crippen LogP contribution in [0.3, 0.4) is 0 Å². The van der Waals surface area contributed by atoms with Crippen LogP contribution in [0.1, 0.15) is 6.42 Å². The van der Waals surface area contributed by atoms with Crippen molar-refractivity contribution in [3.05, 3.63) is 40.0 Å². The standard InChI is InChI=1S/C9H9F3N4O2S/c10-6-4-7(11)9(8(12)5-6)19(17,18)15-3-1-2-14-16-13/h4-5,15H,1-3H2. The molecule has 0 aliphatic carbocycles. The van der Waals surface area contributed by atoms with Gasteiger partial charge in [-0.15, -0.1) is 0 Å². The second kappa shape index (κ2) is 6.41. The van der Waals surface area contributed by atoms with Gasteiger partial charge in [0.05, 0.1) is 0 Å². The van der Waals surface area contributed by atoms with Crippen LogP contribution in [0.25, 0.3) is 10.4 Å². The van der Waals surface area contributed by atoms with Crippen molar-refractivity contribution in [1.82, 2.24) is 4.72 Å². The molecule has 0 aromatic heterocycles. The van der Waals surface area contributed by atoms with Gasteiger partial charge in [-0.1, -0.05) is 5.11 Å². The summed E-state index contributed by atoms with van der Waals surface area (Å²) in [6.45, 7) is -0.134. The van der Waals surface area contributed by atoms with Gasteiger partial charge in [0.15, 0.2) is 4.90 Å². The van der Waals surface area contributed by atoms with E-state index in [1.807, 2.05) is 4.72 Å². The molecule has 1 N–H and O–H groups in total. The molecule has 1 rings (SSSR count). The molecule has 0 heterocycles. The third kappa shape index (κ3) is 4.12. The fraction of sp³-hybridized carbons (Fsp3) is 0.333. The lowest BCUT2D eigenvalue weighted by atomic mass is 10.3. The molecule has 0 saturated heterocycles. The molecule has 104 valence electrons. The number of hydrogen-bond acceptors (Lipinski definition) is 3. The van der Waals surface area contributed by atoms with E-state index in [2.05, 4.69) is 10.0 Å². The summed E-state index contributed by atoms with van der Waals surface area (Å²) in [6.07, 6.45) is 0.160. The monoisotopic (exact) mass is 294 g/mol. The van der Waals surface area contributed by atoms with E-state index >= 15 is 0 Å². The first-order valence-corrected chi connectivity index (χ1v) is 6.52. The van der Waals surface area contributed by atoms with E-state index in [0.29, 0.717) is 0 Å². The maximum absolute atomic E-state index is 13.3. The largest absolute Gasteiger partial charge is 0.246 e. The number of halogens is 3. The Hall–Kier alpha value is -1.77. The molecule has 19 heavy (non-hydrogen) atoms. The molecule has 1 aromatic rings. The summed E-state index contributed by atoms with van der Waals surface area (Å²) in [7, 11) is -4.43. The number of hydrogen-bond donors (Lipinski definition) is 1. The zero-order valence-corrected chi connectivity index (χ0v) is 10.3. The third-order valence-corrected chi connectivity index (χ3v) is 3.53.